The van der Waals surface area contributed by atoms with Gasteiger partial charge in [-0.3, -0.25) is 4.79 Å². The van der Waals surface area contributed by atoms with Crippen LogP contribution in [0.5, 0.6) is 0 Å². The average Bonchev–Trinajstić information content (AvgIpc) is 2.94. The van der Waals surface area contributed by atoms with Gasteiger partial charge in [-0.1, -0.05) is 11.3 Å². The van der Waals surface area contributed by atoms with Crippen molar-refractivity contribution in [2.24, 2.45) is 0 Å². The van der Waals surface area contributed by atoms with E-state index >= 15 is 0 Å². The van der Waals surface area contributed by atoms with Crippen molar-refractivity contribution in [3.8, 4) is 0 Å². The number of fused-ring (bicyclic) bond motifs is 1. The van der Waals surface area contributed by atoms with E-state index in [-0.39, 0.29) is 4.87 Å². The molecular formula is C10H10N6OS. The van der Waals surface area contributed by atoms with Crippen molar-refractivity contribution >= 4 is 28.6 Å². The van der Waals surface area contributed by atoms with Gasteiger partial charge in [-0.2, -0.15) is 0 Å². The Morgan fingerprint density at radius 2 is 2.44 bits per heavy atom. The third-order valence-corrected chi connectivity index (χ3v) is 3.13. The highest BCUT2D eigenvalue weighted by molar-refractivity contribution is 7.07. The SMILES string of the molecule is Nc1cn2ccnc2c(NCc2csc(=O)[nH]2)n1. The van der Waals surface area contributed by atoms with Gasteiger partial charge in [0.15, 0.2) is 11.5 Å². The molecule has 0 amide bonds. The first-order valence-corrected chi connectivity index (χ1v) is 6.10. The first-order chi connectivity index (χ1) is 8.72. The Labute approximate surface area is 105 Å². The number of hydrogen-bond donors (Lipinski definition) is 3. The lowest BCUT2D eigenvalue weighted by atomic mass is 10.4. The molecule has 0 unspecified atom stereocenters. The highest BCUT2D eigenvalue weighted by Crippen LogP contribution is 2.15. The van der Waals surface area contributed by atoms with Crippen molar-refractivity contribution in [3.63, 3.8) is 0 Å². The van der Waals surface area contributed by atoms with Crippen LogP contribution in [0, 0.1) is 0 Å². The van der Waals surface area contributed by atoms with Crippen LogP contribution in [0.4, 0.5) is 11.6 Å². The number of nitrogens with two attached hydrogens (primary N) is 1. The molecule has 3 aromatic heterocycles. The maximum atomic E-state index is 11.0. The van der Waals surface area contributed by atoms with Crippen LogP contribution in [0.15, 0.2) is 28.8 Å². The lowest BCUT2D eigenvalue weighted by molar-refractivity contribution is 1.03. The van der Waals surface area contributed by atoms with Crippen molar-refractivity contribution in [2.45, 2.75) is 6.54 Å². The van der Waals surface area contributed by atoms with Crippen molar-refractivity contribution in [1.82, 2.24) is 19.4 Å². The highest BCUT2D eigenvalue weighted by atomic mass is 32.1. The number of nitrogens with one attached hydrogen (secondary N) is 2. The molecule has 0 radical (unpaired) electrons. The van der Waals surface area contributed by atoms with Crippen LogP contribution >= 0.6 is 11.3 Å². The molecule has 4 N–H and O–H groups in total. The van der Waals surface area contributed by atoms with Gasteiger partial charge in [0, 0.05) is 23.5 Å². The maximum Gasteiger partial charge on any atom is 0.304 e. The Morgan fingerprint density at radius 3 is 3.22 bits per heavy atom. The van der Waals surface area contributed by atoms with Crippen LogP contribution in [0.1, 0.15) is 5.69 Å². The zero-order valence-electron chi connectivity index (χ0n) is 9.25. The van der Waals surface area contributed by atoms with E-state index in [0.29, 0.717) is 23.8 Å². The smallest absolute Gasteiger partial charge is 0.304 e. The summed E-state index contributed by atoms with van der Waals surface area (Å²) < 4.78 is 1.79. The fraction of sp³-hybridized carbons (Fsp3) is 0.100. The number of nitrogen functional groups attached to an aromatic ring is 1. The van der Waals surface area contributed by atoms with Crippen LogP contribution in [0.2, 0.25) is 0 Å². The molecule has 3 heterocycles. The number of imidazole rings is 1. The van der Waals surface area contributed by atoms with E-state index in [1.54, 1.807) is 28.4 Å². The fourth-order valence-electron chi connectivity index (χ4n) is 1.65. The van der Waals surface area contributed by atoms with Crippen molar-refractivity contribution in [3.05, 3.63) is 39.3 Å². The monoisotopic (exact) mass is 262 g/mol. The van der Waals surface area contributed by atoms with E-state index in [4.69, 9.17) is 5.73 Å². The topological polar surface area (TPSA) is 101 Å². The largest absolute Gasteiger partial charge is 0.382 e. The molecule has 8 heteroatoms. The average molecular weight is 262 g/mol. The molecule has 0 atom stereocenters. The van der Waals surface area contributed by atoms with Gasteiger partial charge in [0.25, 0.3) is 0 Å². The minimum absolute atomic E-state index is 0.0710. The normalized spacial score (nSPS) is 10.9. The lowest BCUT2D eigenvalue weighted by Crippen LogP contribution is -2.07. The van der Waals surface area contributed by atoms with Crippen LogP contribution in [0.3, 0.4) is 0 Å². The number of aromatic amines is 1. The molecule has 0 fully saturated rings. The molecule has 18 heavy (non-hydrogen) atoms. The summed E-state index contributed by atoms with van der Waals surface area (Å²) in [5, 5.41) is 4.87. The van der Waals surface area contributed by atoms with E-state index in [2.05, 4.69) is 20.3 Å². The zero-order valence-corrected chi connectivity index (χ0v) is 10.1. The Hall–Kier alpha value is -2.35. The molecule has 0 aliphatic rings. The summed E-state index contributed by atoms with van der Waals surface area (Å²) in [5.74, 6) is 0.994. The summed E-state index contributed by atoms with van der Waals surface area (Å²) in [6.45, 7) is 0.470. The molecule has 0 bridgehead atoms. The fourth-order valence-corrected chi connectivity index (χ4v) is 2.23. The first kappa shape index (κ1) is 10.8. The number of hydrogen-bond acceptors (Lipinski definition) is 6. The summed E-state index contributed by atoms with van der Waals surface area (Å²) in [6, 6.07) is 0. The Morgan fingerprint density at radius 1 is 1.56 bits per heavy atom. The molecule has 0 aliphatic heterocycles. The Bertz CT molecular complexity index is 742. The third-order valence-electron chi connectivity index (χ3n) is 2.41. The molecule has 0 aliphatic carbocycles. The first-order valence-electron chi connectivity index (χ1n) is 5.22. The van der Waals surface area contributed by atoms with Crippen LogP contribution in [0.25, 0.3) is 5.65 Å². The number of aromatic nitrogens is 4. The standard InChI is InChI=1S/C10H10N6OS/c11-7-4-16-2-1-12-9(16)8(15-7)13-3-6-5-18-10(17)14-6/h1-2,4-5H,3,11H2,(H,13,15)(H,14,17). The van der Waals surface area contributed by atoms with Gasteiger partial charge >= 0.3 is 4.87 Å². The molecule has 3 rings (SSSR count). The minimum Gasteiger partial charge on any atom is -0.382 e. The molecule has 92 valence electrons. The summed E-state index contributed by atoms with van der Waals surface area (Å²) in [7, 11) is 0. The highest BCUT2D eigenvalue weighted by Gasteiger charge is 2.06. The van der Waals surface area contributed by atoms with Gasteiger partial charge in [0.1, 0.15) is 5.82 Å². The molecular weight excluding hydrogens is 252 g/mol. The van der Waals surface area contributed by atoms with E-state index in [9.17, 15) is 4.79 Å². The number of H-pyrrole nitrogens is 1. The minimum atomic E-state index is -0.0710. The van der Waals surface area contributed by atoms with Crippen molar-refractivity contribution in [2.75, 3.05) is 11.1 Å². The third kappa shape index (κ3) is 1.93. The van der Waals surface area contributed by atoms with Crippen LogP contribution < -0.4 is 15.9 Å². The Kier molecular flexibility index (Phi) is 2.49. The molecule has 0 spiro atoms. The second-order valence-electron chi connectivity index (χ2n) is 3.70. The molecule has 0 saturated heterocycles. The zero-order chi connectivity index (χ0) is 12.5. The van der Waals surface area contributed by atoms with E-state index < -0.39 is 0 Å². The van der Waals surface area contributed by atoms with E-state index in [1.807, 2.05) is 0 Å². The van der Waals surface area contributed by atoms with Gasteiger partial charge in [-0.05, 0) is 0 Å². The number of rotatable bonds is 3. The van der Waals surface area contributed by atoms with E-state index in [0.717, 1.165) is 17.0 Å². The summed E-state index contributed by atoms with van der Waals surface area (Å²) in [6.07, 6.45) is 5.17. The summed E-state index contributed by atoms with van der Waals surface area (Å²) in [5.41, 5.74) is 7.20. The number of thiazole rings is 1. The van der Waals surface area contributed by atoms with Crippen molar-refractivity contribution in [1.29, 1.82) is 0 Å². The van der Waals surface area contributed by atoms with Gasteiger partial charge in [0.2, 0.25) is 0 Å². The summed E-state index contributed by atoms with van der Waals surface area (Å²) in [4.78, 5) is 22.0. The molecule has 0 saturated carbocycles. The number of anilines is 2. The lowest BCUT2D eigenvalue weighted by Gasteiger charge is -2.06. The van der Waals surface area contributed by atoms with Crippen LogP contribution in [-0.2, 0) is 6.54 Å². The van der Waals surface area contributed by atoms with Crippen molar-refractivity contribution < 1.29 is 0 Å². The second kappa shape index (κ2) is 4.15. The molecule has 0 aromatic carbocycles. The predicted octanol–water partition coefficient (Wildman–Crippen LogP) is 0.673. The maximum absolute atomic E-state index is 11.0. The second-order valence-corrected chi connectivity index (χ2v) is 4.54. The predicted molar refractivity (Wildman–Crippen MR) is 69.7 cm³/mol. The van der Waals surface area contributed by atoms with Crippen LogP contribution in [-0.4, -0.2) is 19.4 Å². The molecule has 3 aromatic rings. The van der Waals surface area contributed by atoms with E-state index in [1.165, 1.54) is 0 Å². The quantitative estimate of drug-likeness (QED) is 0.644. The Balaban J connectivity index is 1.90. The van der Waals surface area contributed by atoms with Gasteiger partial charge < -0.3 is 20.4 Å². The number of nitrogens with zero attached hydrogens (tertiary/aromatic N) is 3. The summed E-state index contributed by atoms with van der Waals surface area (Å²) >= 11 is 1.13. The van der Waals surface area contributed by atoms with Gasteiger partial charge in [0.05, 0.1) is 12.7 Å². The van der Waals surface area contributed by atoms with Gasteiger partial charge in [-0.15, -0.1) is 0 Å². The molecule has 7 nitrogen and oxygen atoms in total. The van der Waals surface area contributed by atoms with Gasteiger partial charge in [-0.25, -0.2) is 9.97 Å².